The molecule has 0 N–H and O–H groups in total. The van der Waals surface area contributed by atoms with E-state index in [0.29, 0.717) is 36.7 Å². The highest BCUT2D eigenvalue weighted by atomic mass is 19.3. The van der Waals surface area contributed by atoms with E-state index >= 15 is 0 Å². The van der Waals surface area contributed by atoms with Crippen molar-refractivity contribution >= 4 is 5.97 Å². The van der Waals surface area contributed by atoms with Crippen molar-refractivity contribution < 1.29 is 27.4 Å². The largest absolute Gasteiger partial charge is 0.489 e. The highest BCUT2D eigenvalue weighted by Crippen LogP contribution is 2.45. The summed E-state index contributed by atoms with van der Waals surface area (Å²) in [5, 5.41) is 0. The van der Waals surface area contributed by atoms with E-state index in [0.717, 1.165) is 54.5 Å². The first kappa shape index (κ1) is 29.7. The van der Waals surface area contributed by atoms with Gasteiger partial charge < -0.3 is 9.47 Å². The minimum absolute atomic E-state index is 0.0500. The van der Waals surface area contributed by atoms with Crippen LogP contribution in [0.4, 0.5) is 13.2 Å². The fourth-order valence-corrected chi connectivity index (χ4v) is 5.63. The number of esters is 1. The van der Waals surface area contributed by atoms with Crippen LogP contribution in [0.1, 0.15) is 87.5 Å². The van der Waals surface area contributed by atoms with Crippen LogP contribution in [0.2, 0.25) is 0 Å². The highest BCUT2D eigenvalue weighted by Gasteiger charge is 2.34. The third kappa shape index (κ3) is 7.67. The number of alkyl halides is 2. The maximum atomic E-state index is 14.9. The van der Waals surface area contributed by atoms with Gasteiger partial charge in [-0.2, -0.15) is 0 Å². The Morgan fingerprint density at radius 2 is 1.77 bits per heavy atom. The van der Waals surface area contributed by atoms with E-state index in [4.69, 9.17) is 9.47 Å². The first-order valence-electron chi connectivity index (χ1n) is 14.1. The maximum absolute atomic E-state index is 14.9. The van der Waals surface area contributed by atoms with Crippen molar-refractivity contribution in [1.82, 2.24) is 0 Å². The van der Waals surface area contributed by atoms with Gasteiger partial charge in [0, 0.05) is 11.1 Å². The van der Waals surface area contributed by atoms with E-state index in [1.807, 2.05) is 42.5 Å². The van der Waals surface area contributed by atoms with Crippen molar-refractivity contribution in [2.24, 2.45) is 11.3 Å². The predicted molar refractivity (Wildman–Crippen MR) is 152 cm³/mol. The summed E-state index contributed by atoms with van der Waals surface area (Å²) in [6.07, 6.45) is 2.56. The molecule has 3 aromatic rings. The summed E-state index contributed by atoms with van der Waals surface area (Å²) >= 11 is 0. The topological polar surface area (TPSA) is 35.5 Å². The molecule has 1 aliphatic carbocycles. The molecule has 4 rings (SSSR count). The quantitative estimate of drug-likeness (QED) is 0.198. The minimum atomic E-state index is -2.67. The summed E-state index contributed by atoms with van der Waals surface area (Å²) in [6, 6.07) is 17.1. The van der Waals surface area contributed by atoms with E-state index in [-0.39, 0.29) is 28.4 Å². The van der Waals surface area contributed by atoms with Crippen molar-refractivity contribution in [1.29, 1.82) is 0 Å². The number of carbonyl (C=O) groups excluding carboxylic acids is 1. The number of ether oxygens (including phenoxy) is 2. The molecule has 40 heavy (non-hydrogen) atoms. The smallest absolute Gasteiger partial charge is 0.306 e. The van der Waals surface area contributed by atoms with Crippen LogP contribution in [0.3, 0.4) is 0 Å². The second kappa shape index (κ2) is 12.9. The molecular formula is C34H39F3O3. The Hall–Kier alpha value is -3.28. The number of methoxy groups -OCH3 is 1. The Morgan fingerprint density at radius 3 is 2.45 bits per heavy atom. The number of halogens is 3. The molecule has 6 heteroatoms. The van der Waals surface area contributed by atoms with E-state index in [9.17, 15) is 18.0 Å². The highest BCUT2D eigenvalue weighted by molar-refractivity contribution is 5.71. The summed E-state index contributed by atoms with van der Waals surface area (Å²) in [4.78, 5) is 12.0. The number of benzene rings is 3. The van der Waals surface area contributed by atoms with Gasteiger partial charge in [-0.25, -0.2) is 13.2 Å². The third-order valence-corrected chi connectivity index (χ3v) is 7.80. The monoisotopic (exact) mass is 552 g/mol. The van der Waals surface area contributed by atoms with Gasteiger partial charge in [0.15, 0.2) is 0 Å². The summed E-state index contributed by atoms with van der Waals surface area (Å²) in [5.74, 6) is 0.580. The molecule has 3 nitrogen and oxygen atoms in total. The fourth-order valence-electron chi connectivity index (χ4n) is 5.63. The Morgan fingerprint density at radius 1 is 1.00 bits per heavy atom. The van der Waals surface area contributed by atoms with Crippen molar-refractivity contribution in [2.75, 3.05) is 7.11 Å². The van der Waals surface area contributed by atoms with Crippen molar-refractivity contribution in [3.63, 3.8) is 0 Å². The van der Waals surface area contributed by atoms with Gasteiger partial charge in [0.25, 0.3) is 6.43 Å². The van der Waals surface area contributed by atoms with Gasteiger partial charge in [0.1, 0.15) is 18.2 Å². The molecule has 0 radical (unpaired) electrons. The van der Waals surface area contributed by atoms with Crippen molar-refractivity contribution in [3.8, 4) is 16.9 Å². The lowest BCUT2D eigenvalue weighted by atomic mass is 9.79. The van der Waals surface area contributed by atoms with Gasteiger partial charge >= 0.3 is 5.97 Å². The lowest BCUT2D eigenvalue weighted by molar-refractivity contribution is -0.141. The van der Waals surface area contributed by atoms with Gasteiger partial charge in [-0.15, -0.1) is 0 Å². The molecule has 0 aliphatic heterocycles. The van der Waals surface area contributed by atoms with Crippen LogP contribution in [-0.2, 0) is 22.6 Å². The van der Waals surface area contributed by atoms with Gasteiger partial charge in [0.05, 0.1) is 13.5 Å². The van der Waals surface area contributed by atoms with Crippen molar-refractivity contribution in [3.05, 3.63) is 88.7 Å². The lowest BCUT2D eigenvalue weighted by Gasteiger charge is -2.26. The molecule has 3 aromatic carbocycles. The van der Waals surface area contributed by atoms with E-state index in [1.54, 1.807) is 0 Å². The molecule has 0 heterocycles. The van der Waals surface area contributed by atoms with Crippen LogP contribution in [0.25, 0.3) is 11.1 Å². The molecule has 1 atom stereocenters. The van der Waals surface area contributed by atoms with Crippen LogP contribution < -0.4 is 4.74 Å². The summed E-state index contributed by atoms with van der Waals surface area (Å²) in [7, 11) is 1.42. The Labute approximate surface area is 235 Å². The van der Waals surface area contributed by atoms with Gasteiger partial charge in [0.2, 0.25) is 0 Å². The molecule has 0 amide bonds. The molecule has 1 aliphatic rings. The zero-order chi connectivity index (χ0) is 28.9. The fraction of sp³-hybridized carbons (Fsp3) is 0.441. The predicted octanol–water partition coefficient (Wildman–Crippen LogP) is 9.43. The van der Waals surface area contributed by atoms with E-state index in [2.05, 4.69) is 20.8 Å². The van der Waals surface area contributed by atoms with Crippen LogP contribution in [-0.4, -0.2) is 13.1 Å². The number of rotatable bonds is 13. The summed E-state index contributed by atoms with van der Waals surface area (Å²) < 4.78 is 52.9. The molecular weight excluding hydrogens is 513 g/mol. The van der Waals surface area contributed by atoms with Gasteiger partial charge in [-0.3, -0.25) is 4.79 Å². The third-order valence-electron chi connectivity index (χ3n) is 7.80. The summed E-state index contributed by atoms with van der Waals surface area (Å²) in [6.45, 7) is 6.78. The average Bonchev–Trinajstić information content (AvgIpc) is 3.76. The standard InChI is InChI=1S/C34H39F3O3/c1-5-15-34(2,3)20-26-16-22(9-13-28(26)30-18-25(33(36)37)12-14-31(30)35)21-40-27-8-6-7-24(17-27)29(23-10-11-23)19-32(38)39-4/h6-9,12-14,16-18,23,29,33H,5,10-11,15,19-21H2,1-4H3. The van der Waals surface area contributed by atoms with E-state index < -0.39 is 12.2 Å². The Kier molecular flexibility index (Phi) is 9.60. The van der Waals surface area contributed by atoms with Gasteiger partial charge in [-0.05, 0) is 89.5 Å². The first-order valence-corrected chi connectivity index (χ1v) is 14.1. The molecule has 1 fully saturated rings. The Balaban J connectivity index is 1.60. The summed E-state index contributed by atoms with van der Waals surface area (Å²) in [5.41, 5.74) is 3.46. The molecule has 0 saturated heterocycles. The molecule has 0 spiro atoms. The number of hydrogen-bond donors (Lipinski definition) is 0. The second-order valence-electron chi connectivity index (χ2n) is 11.7. The number of hydrogen-bond acceptors (Lipinski definition) is 3. The SMILES string of the molecule is CCCC(C)(C)Cc1cc(COc2cccc(C(CC(=O)OC)C3CC3)c2)ccc1-c1cc(C(F)F)ccc1F. The van der Waals surface area contributed by atoms with Crippen LogP contribution in [0.15, 0.2) is 60.7 Å². The zero-order valence-electron chi connectivity index (χ0n) is 23.8. The Bertz CT molecular complexity index is 1310. The second-order valence-corrected chi connectivity index (χ2v) is 11.7. The zero-order valence-corrected chi connectivity index (χ0v) is 23.8. The lowest BCUT2D eigenvalue weighted by Crippen LogP contribution is -2.15. The first-order chi connectivity index (χ1) is 19.1. The van der Waals surface area contributed by atoms with Crippen LogP contribution in [0.5, 0.6) is 5.75 Å². The van der Waals surface area contributed by atoms with Gasteiger partial charge in [-0.1, -0.05) is 63.6 Å². The molecule has 0 bridgehead atoms. The molecule has 0 aromatic heterocycles. The van der Waals surface area contributed by atoms with Crippen LogP contribution in [0, 0.1) is 17.2 Å². The van der Waals surface area contributed by atoms with Crippen LogP contribution >= 0.6 is 0 Å². The molecule has 214 valence electrons. The molecule has 1 saturated carbocycles. The van der Waals surface area contributed by atoms with E-state index in [1.165, 1.54) is 13.2 Å². The normalized spacial score (nSPS) is 14.3. The minimum Gasteiger partial charge on any atom is -0.489 e. The van der Waals surface area contributed by atoms with Crippen molar-refractivity contribution in [2.45, 2.75) is 78.2 Å². The molecule has 1 unspecified atom stereocenters. The number of carbonyl (C=O) groups is 1. The maximum Gasteiger partial charge on any atom is 0.306 e. The average molecular weight is 553 g/mol.